The zero-order valence-electron chi connectivity index (χ0n) is 15.5. The van der Waals surface area contributed by atoms with Crippen LogP contribution in [0.15, 0.2) is 36.4 Å². The SMILES string of the molecule is CN(CCCCN(C)C(=O)c1cc(Cl)ccc1F)C(=O)c1cc(Cl)ccc1F. The topological polar surface area (TPSA) is 40.6 Å². The van der Waals surface area contributed by atoms with E-state index in [1.807, 2.05) is 0 Å². The minimum atomic E-state index is -0.630. The summed E-state index contributed by atoms with van der Waals surface area (Å²) in [7, 11) is 3.14. The second kappa shape index (κ2) is 9.85. The quantitative estimate of drug-likeness (QED) is 0.588. The van der Waals surface area contributed by atoms with Crippen LogP contribution in [0, 0.1) is 11.6 Å². The predicted molar refractivity (Wildman–Crippen MR) is 106 cm³/mol. The normalized spacial score (nSPS) is 10.6. The third-order valence-corrected chi connectivity index (χ3v) is 4.72. The van der Waals surface area contributed by atoms with Crippen LogP contribution in [0.1, 0.15) is 33.6 Å². The Bertz CT molecular complexity index is 806. The van der Waals surface area contributed by atoms with Gasteiger partial charge in [0.25, 0.3) is 11.8 Å². The first-order valence-electron chi connectivity index (χ1n) is 8.61. The van der Waals surface area contributed by atoms with Gasteiger partial charge in [-0.1, -0.05) is 23.2 Å². The van der Waals surface area contributed by atoms with E-state index in [0.717, 1.165) is 12.1 Å². The van der Waals surface area contributed by atoms with Crippen molar-refractivity contribution >= 4 is 35.0 Å². The van der Waals surface area contributed by atoms with E-state index >= 15 is 0 Å². The van der Waals surface area contributed by atoms with E-state index in [1.54, 1.807) is 14.1 Å². The molecule has 0 N–H and O–H groups in total. The molecule has 0 fully saturated rings. The summed E-state index contributed by atoms with van der Waals surface area (Å²) in [5, 5.41) is 0.568. The lowest BCUT2D eigenvalue weighted by Gasteiger charge is -2.20. The fourth-order valence-electron chi connectivity index (χ4n) is 2.64. The van der Waals surface area contributed by atoms with E-state index in [-0.39, 0.29) is 21.2 Å². The summed E-state index contributed by atoms with van der Waals surface area (Å²) in [6.45, 7) is 0.747. The lowest BCUT2D eigenvalue weighted by atomic mass is 10.1. The molecule has 2 aromatic rings. The molecule has 0 aliphatic rings. The van der Waals surface area contributed by atoms with Crippen LogP contribution in [0.2, 0.25) is 10.0 Å². The number of hydrogen-bond acceptors (Lipinski definition) is 2. The summed E-state index contributed by atoms with van der Waals surface area (Å²) < 4.78 is 27.6. The number of hydrogen-bond donors (Lipinski definition) is 0. The van der Waals surface area contributed by atoms with Gasteiger partial charge in [0.2, 0.25) is 0 Å². The van der Waals surface area contributed by atoms with Crippen molar-refractivity contribution in [2.24, 2.45) is 0 Å². The summed E-state index contributed by atoms with van der Waals surface area (Å²) in [5.74, 6) is -2.19. The Balaban J connectivity index is 1.84. The number of carbonyl (C=O) groups is 2. The molecule has 4 nitrogen and oxygen atoms in total. The smallest absolute Gasteiger partial charge is 0.256 e. The third-order valence-electron chi connectivity index (χ3n) is 4.25. The molecule has 28 heavy (non-hydrogen) atoms. The van der Waals surface area contributed by atoms with Crippen molar-refractivity contribution in [3.8, 4) is 0 Å². The highest BCUT2D eigenvalue weighted by Gasteiger charge is 2.18. The van der Waals surface area contributed by atoms with Crippen LogP contribution in [0.3, 0.4) is 0 Å². The second-order valence-corrected chi connectivity index (χ2v) is 7.28. The first-order valence-corrected chi connectivity index (χ1v) is 9.37. The molecule has 0 aliphatic carbocycles. The molecule has 0 saturated carbocycles. The summed E-state index contributed by atoms with van der Waals surface area (Å²) in [4.78, 5) is 27.4. The van der Waals surface area contributed by atoms with E-state index in [9.17, 15) is 18.4 Å². The minimum absolute atomic E-state index is 0.0845. The van der Waals surface area contributed by atoms with Gasteiger partial charge >= 0.3 is 0 Å². The van der Waals surface area contributed by atoms with Crippen molar-refractivity contribution < 1.29 is 18.4 Å². The molecule has 150 valence electrons. The van der Waals surface area contributed by atoms with Gasteiger partial charge in [-0.15, -0.1) is 0 Å². The van der Waals surface area contributed by atoms with E-state index in [2.05, 4.69) is 0 Å². The Kier molecular flexibility index (Phi) is 7.78. The van der Waals surface area contributed by atoms with Gasteiger partial charge in [-0.2, -0.15) is 0 Å². The molecule has 2 rings (SSSR count). The maximum atomic E-state index is 13.8. The maximum Gasteiger partial charge on any atom is 0.256 e. The maximum absolute atomic E-state index is 13.8. The number of carbonyl (C=O) groups excluding carboxylic acids is 2. The highest BCUT2D eigenvalue weighted by atomic mass is 35.5. The van der Waals surface area contributed by atoms with Crippen LogP contribution in [0.4, 0.5) is 8.78 Å². The fourth-order valence-corrected chi connectivity index (χ4v) is 2.98. The Labute approximate surface area is 172 Å². The van der Waals surface area contributed by atoms with E-state index in [0.29, 0.717) is 25.9 Å². The van der Waals surface area contributed by atoms with Crippen LogP contribution in [-0.2, 0) is 0 Å². The van der Waals surface area contributed by atoms with Crippen molar-refractivity contribution in [1.29, 1.82) is 0 Å². The van der Waals surface area contributed by atoms with Gasteiger partial charge in [0.1, 0.15) is 11.6 Å². The summed E-state index contributed by atoms with van der Waals surface area (Å²) in [6.07, 6.45) is 1.17. The molecule has 0 unspecified atom stereocenters. The second-order valence-electron chi connectivity index (χ2n) is 6.41. The monoisotopic (exact) mass is 428 g/mol. The van der Waals surface area contributed by atoms with Crippen LogP contribution >= 0.6 is 23.2 Å². The van der Waals surface area contributed by atoms with Crippen LogP contribution in [0.5, 0.6) is 0 Å². The Morgan fingerprint density at radius 3 is 1.50 bits per heavy atom. The third kappa shape index (κ3) is 5.66. The van der Waals surface area contributed by atoms with Gasteiger partial charge in [0, 0.05) is 37.2 Å². The van der Waals surface area contributed by atoms with Gasteiger partial charge in [0.15, 0.2) is 0 Å². The van der Waals surface area contributed by atoms with E-state index < -0.39 is 23.4 Å². The summed E-state index contributed by atoms with van der Waals surface area (Å²) in [5.41, 5.74) is -0.169. The molecule has 0 aliphatic heterocycles. The summed E-state index contributed by atoms with van der Waals surface area (Å²) >= 11 is 11.6. The first kappa shape index (κ1) is 22.1. The molecule has 0 aromatic heterocycles. The number of benzene rings is 2. The Morgan fingerprint density at radius 2 is 1.14 bits per heavy atom. The number of unbranched alkanes of at least 4 members (excludes halogenated alkanes) is 1. The molecule has 2 aromatic carbocycles. The van der Waals surface area contributed by atoms with Crippen molar-refractivity contribution in [2.75, 3.05) is 27.2 Å². The van der Waals surface area contributed by atoms with E-state index in [1.165, 1.54) is 34.1 Å². The molecule has 0 atom stereocenters. The number of nitrogens with zero attached hydrogens (tertiary/aromatic N) is 2. The first-order chi connectivity index (χ1) is 13.2. The largest absolute Gasteiger partial charge is 0.342 e. The van der Waals surface area contributed by atoms with Crippen molar-refractivity contribution in [3.63, 3.8) is 0 Å². The molecule has 2 amide bonds. The van der Waals surface area contributed by atoms with Crippen LogP contribution < -0.4 is 0 Å². The lowest BCUT2D eigenvalue weighted by molar-refractivity contribution is 0.0761. The molecule has 0 spiro atoms. The molecule has 8 heteroatoms. The number of rotatable bonds is 7. The highest BCUT2D eigenvalue weighted by Crippen LogP contribution is 2.18. The van der Waals surface area contributed by atoms with Crippen molar-refractivity contribution in [3.05, 3.63) is 69.2 Å². The Morgan fingerprint density at radius 1 is 0.786 bits per heavy atom. The lowest BCUT2D eigenvalue weighted by Crippen LogP contribution is -2.31. The zero-order chi connectivity index (χ0) is 20.8. The molecule has 0 bridgehead atoms. The molecule has 0 saturated heterocycles. The van der Waals surface area contributed by atoms with Crippen molar-refractivity contribution in [1.82, 2.24) is 9.80 Å². The molecule has 0 heterocycles. The average molecular weight is 429 g/mol. The van der Waals surface area contributed by atoms with E-state index in [4.69, 9.17) is 23.2 Å². The zero-order valence-corrected chi connectivity index (χ0v) is 17.0. The molecule has 0 radical (unpaired) electrons. The predicted octanol–water partition coefficient (Wildman–Crippen LogP) is 4.90. The number of halogens is 4. The molecular weight excluding hydrogens is 409 g/mol. The minimum Gasteiger partial charge on any atom is -0.342 e. The summed E-state index contributed by atoms with van der Waals surface area (Å²) in [6, 6.07) is 7.65. The van der Waals surface area contributed by atoms with Crippen LogP contribution in [-0.4, -0.2) is 48.8 Å². The fraction of sp³-hybridized carbons (Fsp3) is 0.300. The Hall–Kier alpha value is -2.18. The van der Waals surface area contributed by atoms with Gasteiger partial charge in [-0.3, -0.25) is 9.59 Å². The average Bonchev–Trinajstić information content (AvgIpc) is 2.67. The van der Waals surface area contributed by atoms with Gasteiger partial charge in [0.05, 0.1) is 11.1 Å². The standard InChI is InChI=1S/C20H20Cl2F2N2O2/c1-25(19(27)15-11-13(21)5-7-17(15)23)9-3-4-10-26(2)20(28)16-12-14(22)6-8-18(16)24/h5-8,11-12H,3-4,9-10H2,1-2H3. The van der Waals surface area contributed by atoms with Gasteiger partial charge in [-0.25, -0.2) is 8.78 Å². The number of amides is 2. The molecular formula is C20H20Cl2F2N2O2. The van der Waals surface area contributed by atoms with Gasteiger partial charge in [-0.05, 0) is 49.2 Å². The van der Waals surface area contributed by atoms with Crippen LogP contribution in [0.25, 0.3) is 0 Å². The van der Waals surface area contributed by atoms with Crippen molar-refractivity contribution in [2.45, 2.75) is 12.8 Å². The highest BCUT2D eigenvalue weighted by molar-refractivity contribution is 6.31. The van der Waals surface area contributed by atoms with Gasteiger partial charge < -0.3 is 9.80 Å².